The fraction of sp³-hybridized carbons (Fsp3) is 0.364. The van der Waals surface area contributed by atoms with E-state index in [-0.39, 0.29) is 0 Å². The maximum absolute atomic E-state index is 4.30. The average Bonchev–Trinajstić information content (AvgIpc) is 2.53. The minimum Gasteiger partial charge on any atom is -0.371 e. The van der Waals surface area contributed by atoms with Gasteiger partial charge >= 0.3 is 0 Å². The first kappa shape index (κ1) is 17.3. The maximum Gasteiger partial charge on any atom is 0.0372 e. The molecule has 0 saturated heterocycles. The van der Waals surface area contributed by atoms with Gasteiger partial charge in [0.1, 0.15) is 0 Å². The molecule has 2 aromatic rings. The summed E-state index contributed by atoms with van der Waals surface area (Å²) in [5.41, 5.74) is 4.76. The van der Waals surface area contributed by atoms with Crippen LogP contribution in [0, 0.1) is 11.8 Å². The van der Waals surface area contributed by atoms with Gasteiger partial charge in [-0.05, 0) is 40.7 Å². The maximum atomic E-state index is 4.30. The fourth-order valence-corrected chi connectivity index (χ4v) is 2.86. The standard InChI is InChI=1S/C22H29N/c1-17(2)15-23(16-18(3)4)22-13-9-12-21(14-22)19(5)20-10-7-6-8-11-20/h6-14,17-18H,5,15-16H2,1-4H3. The Morgan fingerprint density at radius 2 is 1.39 bits per heavy atom. The van der Waals surface area contributed by atoms with Gasteiger partial charge in [0.05, 0.1) is 0 Å². The average molecular weight is 307 g/mol. The topological polar surface area (TPSA) is 3.24 Å². The van der Waals surface area contributed by atoms with Crippen molar-refractivity contribution in [2.45, 2.75) is 27.7 Å². The van der Waals surface area contributed by atoms with Crippen LogP contribution in [0.1, 0.15) is 38.8 Å². The molecule has 0 spiro atoms. The number of rotatable bonds is 7. The molecule has 0 N–H and O–H groups in total. The van der Waals surface area contributed by atoms with Gasteiger partial charge in [0.2, 0.25) is 0 Å². The number of benzene rings is 2. The molecule has 0 radical (unpaired) electrons. The monoisotopic (exact) mass is 307 g/mol. The first-order valence-corrected chi connectivity index (χ1v) is 8.57. The van der Waals surface area contributed by atoms with E-state index in [0.29, 0.717) is 11.8 Å². The number of hydrogen-bond donors (Lipinski definition) is 0. The molecule has 1 heteroatoms. The van der Waals surface area contributed by atoms with Gasteiger partial charge in [-0.15, -0.1) is 0 Å². The Morgan fingerprint density at radius 1 is 0.826 bits per heavy atom. The van der Waals surface area contributed by atoms with Gasteiger partial charge < -0.3 is 4.90 Å². The quantitative estimate of drug-likeness (QED) is 0.618. The zero-order valence-corrected chi connectivity index (χ0v) is 14.9. The minimum atomic E-state index is 0.648. The Labute approximate surface area is 141 Å². The summed E-state index contributed by atoms with van der Waals surface area (Å²) in [6.45, 7) is 15.6. The lowest BCUT2D eigenvalue weighted by Crippen LogP contribution is -2.31. The van der Waals surface area contributed by atoms with E-state index < -0.39 is 0 Å². The second-order valence-corrected chi connectivity index (χ2v) is 7.09. The predicted octanol–water partition coefficient (Wildman–Crippen LogP) is 5.87. The zero-order chi connectivity index (χ0) is 16.8. The molecule has 0 aliphatic carbocycles. The predicted molar refractivity (Wildman–Crippen MR) is 103 cm³/mol. The van der Waals surface area contributed by atoms with Crippen LogP contribution >= 0.6 is 0 Å². The summed E-state index contributed by atoms with van der Waals surface area (Å²) in [4.78, 5) is 2.50. The third kappa shape index (κ3) is 4.99. The highest BCUT2D eigenvalue weighted by Gasteiger charge is 2.12. The van der Waals surface area contributed by atoms with Crippen LogP contribution in [0.25, 0.3) is 5.57 Å². The molecule has 1 nitrogen and oxygen atoms in total. The summed E-state index contributed by atoms with van der Waals surface area (Å²) in [7, 11) is 0. The van der Waals surface area contributed by atoms with Gasteiger partial charge in [-0.2, -0.15) is 0 Å². The number of anilines is 1. The molecule has 2 aromatic carbocycles. The highest BCUT2D eigenvalue weighted by molar-refractivity contribution is 5.79. The van der Waals surface area contributed by atoms with Crippen molar-refractivity contribution in [3.8, 4) is 0 Å². The van der Waals surface area contributed by atoms with E-state index >= 15 is 0 Å². The van der Waals surface area contributed by atoms with Crippen molar-refractivity contribution in [3.63, 3.8) is 0 Å². The van der Waals surface area contributed by atoms with Crippen LogP contribution in [0.4, 0.5) is 5.69 Å². The van der Waals surface area contributed by atoms with Gasteiger partial charge in [-0.25, -0.2) is 0 Å². The lowest BCUT2D eigenvalue weighted by atomic mass is 9.99. The van der Waals surface area contributed by atoms with E-state index in [1.54, 1.807) is 0 Å². The largest absolute Gasteiger partial charge is 0.371 e. The normalized spacial score (nSPS) is 11.0. The molecule has 2 rings (SSSR count). The highest BCUT2D eigenvalue weighted by atomic mass is 15.1. The Hall–Kier alpha value is -2.02. The summed E-state index contributed by atoms with van der Waals surface area (Å²) in [5.74, 6) is 1.30. The van der Waals surface area contributed by atoms with Crippen molar-refractivity contribution in [2.24, 2.45) is 11.8 Å². The molecular formula is C22H29N. The Morgan fingerprint density at radius 3 is 1.96 bits per heavy atom. The number of hydrogen-bond acceptors (Lipinski definition) is 1. The highest BCUT2D eigenvalue weighted by Crippen LogP contribution is 2.26. The molecule has 0 aromatic heterocycles. The van der Waals surface area contributed by atoms with Gasteiger partial charge in [-0.3, -0.25) is 0 Å². The lowest BCUT2D eigenvalue weighted by Gasteiger charge is -2.29. The van der Waals surface area contributed by atoms with Gasteiger partial charge in [0.15, 0.2) is 0 Å². The van der Waals surface area contributed by atoms with Crippen molar-refractivity contribution in [1.29, 1.82) is 0 Å². The van der Waals surface area contributed by atoms with Crippen LogP contribution in [0.15, 0.2) is 61.2 Å². The van der Waals surface area contributed by atoms with Crippen LogP contribution in [0.3, 0.4) is 0 Å². The fourth-order valence-electron chi connectivity index (χ4n) is 2.86. The van der Waals surface area contributed by atoms with Crippen LogP contribution in [0.5, 0.6) is 0 Å². The molecule has 0 heterocycles. The zero-order valence-electron chi connectivity index (χ0n) is 14.9. The molecule has 0 aliphatic rings. The van der Waals surface area contributed by atoms with Crippen molar-refractivity contribution in [1.82, 2.24) is 0 Å². The molecule has 0 amide bonds. The first-order chi connectivity index (χ1) is 11.0. The molecular weight excluding hydrogens is 278 g/mol. The van der Waals surface area contributed by atoms with Crippen LogP contribution in [0.2, 0.25) is 0 Å². The van der Waals surface area contributed by atoms with Gasteiger partial charge in [0.25, 0.3) is 0 Å². The summed E-state index contributed by atoms with van der Waals surface area (Å²) in [6, 6.07) is 19.2. The number of nitrogens with zero attached hydrogens (tertiary/aromatic N) is 1. The third-order valence-electron chi connectivity index (χ3n) is 3.85. The van der Waals surface area contributed by atoms with E-state index in [1.165, 1.54) is 16.8 Å². The van der Waals surface area contributed by atoms with E-state index in [4.69, 9.17) is 0 Å². The SMILES string of the molecule is C=C(c1ccccc1)c1cccc(N(CC(C)C)CC(C)C)c1. The van der Waals surface area contributed by atoms with Crippen molar-refractivity contribution in [3.05, 3.63) is 72.3 Å². The van der Waals surface area contributed by atoms with E-state index in [1.807, 2.05) is 6.07 Å². The Kier molecular flexibility index (Phi) is 6.04. The summed E-state index contributed by atoms with van der Waals surface area (Å²) >= 11 is 0. The summed E-state index contributed by atoms with van der Waals surface area (Å²) in [6.07, 6.45) is 0. The van der Waals surface area contributed by atoms with E-state index in [9.17, 15) is 0 Å². The van der Waals surface area contributed by atoms with Crippen molar-refractivity contribution in [2.75, 3.05) is 18.0 Å². The van der Waals surface area contributed by atoms with Crippen LogP contribution in [-0.2, 0) is 0 Å². The van der Waals surface area contributed by atoms with Crippen LogP contribution < -0.4 is 4.90 Å². The van der Waals surface area contributed by atoms with Crippen molar-refractivity contribution < 1.29 is 0 Å². The Bertz CT molecular complexity index is 615. The molecule has 0 fully saturated rings. The second kappa shape index (κ2) is 8.01. The molecule has 0 bridgehead atoms. The van der Waals surface area contributed by atoms with Crippen LogP contribution in [-0.4, -0.2) is 13.1 Å². The molecule has 122 valence electrons. The molecule has 0 saturated carbocycles. The molecule has 23 heavy (non-hydrogen) atoms. The molecule has 0 unspecified atom stereocenters. The molecule has 0 aliphatic heterocycles. The summed E-state index contributed by atoms with van der Waals surface area (Å²) < 4.78 is 0. The Balaban J connectivity index is 2.28. The van der Waals surface area contributed by atoms with Gasteiger partial charge in [-0.1, -0.05) is 76.7 Å². The van der Waals surface area contributed by atoms with Crippen molar-refractivity contribution >= 4 is 11.3 Å². The summed E-state index contributed by atoms with van der Waals surface area (Å²) in [5, 5.41) is 0. The van der Waals surface area contributed by atoms with E-state index in [2.05, 4.69) is 87.7 Å². The minimum absolute atomic E-state index is 0.648. The van der Waals surface area contributed by atoms with Gasteiger partial charge in [0, 0.05) is 18.8 Å². The first-order valence-electron chi connectivity index (χ1n) is 8.57. The second-order valence-electron chi connectivity index (χ2n) is 7.09. The lowest BCUT2D eigenvalue weighted by molar-refractivity contribution is 0.553. The van der Waals surface area contributed by atoms with E-state index in [0.717, 1.165) is 18.7 Å². The third-order valence-corrected chi connectivity index (χ3v) is 3.85. The smallest absolute Gasteiger partial charge is 0.0372 e. The molecule has 0 atom stereocenters.